The maximum Gasteiger partial charge on any atom is 0.228 e. The molecule has 0 heterocycles. The summed E-state index contributed by atoms with van der Waals surface area (Å²) in [6, 6.07) is 3.17. The molecule has 0 unspecified atom stereocenters. The molecule has 0 saturated carbocycles. The van der Waals surface area contributed by atoms with Crippen LogP contribution in [-0.4, -0.2) is 12.0 Å². The van der Waals surface area contributed by atoms with Gasteiger partial charge in [-0.2, -0.15) is 0 Å². The van der Waals surface area contributed by atoms with Gasteiger partial charge in [-0.15, -0.1) is 0 Å². The molecule has 0 aromatic heterocycles. The second-order valence-electron chi connectivity index (χ2n) is 2.66. The van der Waals surface area contributed by atoms with Crippen LogP contribution < -0.4 is 4.74 Å². The second-order valence-corrected chi connectivity index (χ2v) is 2.66. The molecule has 66 valence electrons. The Morgan fingerprint density at radius 3 is 2.58 bits per heavy atom. The lowest BCUT2D eigenvalue weighted by Crippen LogP contribution is -1.93. The van der Waals surface area contributed by atoms with Crippen LogP contribution >= 0.6 is 0 Å². The molecule has 0 spiro atoms. The number of alkyl halides is 1. The molecule has 0 aliphatic rings. The molecule has 0 radical (unpaired) electrons. The highest BCUT2D eigenvalue weighted by Gasteiger charge is 2.03. The molecule has 1 rings (SSSR count). The van der Waals surface area contributed by atoms with E-state index in [2.05, 4.69) is 0 Å². The Morgan fingerprint density at radius 2 is 2.00 bits per heavy atom. The minimum atomic E-state index is -0.842. The van der Waals surface area contributed by atoms with Gasteiger partial charge < -0.3 is 9.84 Å². The van der Waals surface area contributed by atoms with Gasteiger partial charge in [-0.3, -0.25) is 0 Å². The zero-order chi connectivity index (χ0) is 9.14. The zero-order valence-electron chi connectivity index (χ0n) is 7.10. The van der Waals surface area contributed by atoms with E-state index in [1.807, 2.05) is 0 Å². The van der Waals surface area contributed by atoms with Crippen LogP contribution in [0.5, 0.6) is 11.5 Å². The summed E-state index contributed by atoms with van der Waals surface area (Å²) >= 11 is 0. The van der Waals surface area contributed by atoms with Crippen LogP contribution in [0.4, 0.5) is 4.39 Å². The van der Waals surface area contributed by atoms with Crippen LogP contribution in [0.15, 0.2) is 12.1 Å². The molecule has 0 atom stereocenters. The van der Waals surface area contributed by atoms with E-state index in [4.69, 9.17) is 4.74 Å². The fourth-order valence-corrected chi connectivity index (χ4v) is 0.989. The predicted octanol–water partition coefficient (Wildman–Crippen LogP) is 2.31. The summed E-state index contributed by atoms with van der Waals surface area (Å²) in [5.74, 6) is 0.687. The first-order valence-corrected chi connectivity index (χ1v) is 3.64. The first-order chi connectivity index (χ1) is 5.65. The maximum absolute atomic E-state index is 11.8. The van der Waals surface area contributed by atoms with Gasteiger partial charge in [-0.1, -0.05) is 0 Å². The van der Waals surface area contributed by atoms with Crippen LogP contribution in [-0.2, 0) is 0 Å². The van der Waals surface area contributed by atoms with Crippen molar-refractivity contribution in [2.45, 2.75) is 13.8 Å². The lowest BCUT2D eigenvalue weighted by molar-refractivity contribution is 0.190. The zero-order valence-corrected chi connectivity index (χ0v) is 7.10. The minimum absolute atomic E-state index is 0.207. The molecule has 0 aliphatic carbocycles. The van der Waals surface area contributed by atoms with Gasteiger partial charge >= 0.3 is 0 Å². The summed E-state index contributed by atoms with van der Waals surface area (Å²) in [5, 5.41) is 9.24. The van der Waals surface area contributed by atoms with Crippen molar-refractivity contribution in [1.29, 1.82) is 0 Å². The van der Waals surface area contributed by atoms with Crippen molar-refractivity contribution in [3.63, 3.8) is 0 Å². The molecule has 12 heavy (non-hydrogen) atoms. The highest BCUT2D eigenvalue weighted by atomic mass is 19.1. The first-order valence-electron chi connectivity index (χ1n) is 3.64. The van der Waals surface area contributed by atoms with E-state index in [0.717, 1.165) is 5.56 Å². The molecule has 0 fully saturated rings. The van der Waals surface area contributed by atoms with Gasteiger partial charge in [0.2, 0.25) is 6.86 Å². The number of hydrogen-bond acceptors (Lipinski definition) is 2. The molecule has 1 aromatic rings. The van der Waals surface area contributed by atoms with Crippen LogP contribution in [0, 0.1) is 13.8 Å². The van der Waals surface area contributed by atoms with E-state index in [1.165, 1.54) is 0 Å². The molecule has 0 aliphatic heterocycles. The average molecular weight is 170 g/mol. The third-order valence-corrected chi connectivity index (χ3v) is 1.70. The lowest BCUT2D eigenvalue weighted by Gasteiger charge is -2.07. The standard InChI is InChI=1S/C9H11FO2/c1-6-4-9(12-5-10)7(2)3-8(6)11/h3-4,11H,5H2,1-2H3. The quantitative estimate of drug-likeness (QED) is 0.738. The third-order valence-electron chi connectivity index (χ3n) is 1.70. The highest BCUT2D eigenvalue weighted by molar-refractivity contribution is 5.44. The Hall–Kier alpha value is -1.25. The number of rotatable bonds is 2. The molecule has 0 saturated heterocycles. The van der Waals surface area contributed by atoms with Gasteiger partial charge in [0.15, 0.2) is 0 Å². The Labute approximate surface area is 70.6 Å². The van der Waals surface area contributed by atoms with E-state index < -0.39 is 6.86 Å². The van der Waals surface area contributed by atoms with Crippen molar-refractivity contribution in [1.82, 2.24) is 0 Å². The Bertz CT molecular complexity index is 284. The predicted molar refractivity (Wildman–Crippen MR) is 44.2 cm³/mol. The molecule has 3 heteroatoms. The number of aromatic hydroxyl groups is 1. The normalized spacial score (nSPS) is 9.92. The van der Waals surface area contributed by atoms with Crippen LogP contribution in [0.1, 0.15) is 11.1 Å². The van der Waals surface area contributed by atoms with Gasteiger partial charge in [0.05, 0.1) is 0 Å². The molecular formula is C9H11FO2. The second kappa shape index (κ2) is 3.43. The number of hydrogen-bond donors (Lipinski definition) is 1. The first kappa shape index (κ1) is 8.84. The summed E-state index contributed by atoms with van der Waals surface area (Å²) < 4.78 is 16.5. The number of halogens is 1. The number of benzene rings is 1. The molecule has 1 N–H and O–H groups in total. The highest BCUT2D eigenvalue weighted by Crippen LogP contribution is 2.26. The number of phenols is 1. The number of ether oxygens (including phenoxy) is 1. The van der Waals surface area contributed by atoms with Crippen LogP contribution in [0.25, 0.3) is 0 Å². The van der Waals surface area contributed by atoms with Gasteiger partial charge in [-0.05, 0) is 37.1 Å². The van der Waals surface area contributed by atoms with Crippen molar-refractivity contribution in [2.24, 2.45) is 0 Å². The molecular weight excluding hydrogens is 159 g/mol. The molecule has 0 bridgehead atoms. The largest absolute Gasteiger partial charge is 0.508 e. The summed E-state index contributed by atoms with van der Waals surface area (Å²) in [5.41, 5.74) is 1.42. The topological polar surface area (TPSA) is 29.5 Å². The van der Waals surface area contributed by atoms with E-state index in [9.17, 15) is 9.50 Å². The number of phenolic OH excluding ortho intramolecular Hbond substituents is 1. The van der Waals surface area contributed by atoms with Gasteiger partial charge in [0.1, 0.15) is 11.5 Å². The van der Waals surface area contributed by atoms with E-state index in [1.54, 1.807) is 26.0 Å². The van der Waals surface area contributed by atoms with E-state index in [0.29, 0.717) is 11.3 Å². The Balaban J connectivity index is 3.05. The molecule has 1 aromatic carbocycles. The fourth-order valence-electron chi connectivity index (χ4n) is 0.989. The summed E-state index contributed by atoms with van der Waals surface area (Å²) in [6.45, 7) is 2.65. The molecule has 2 nitrogen and oxygen atoms in total. The Morgan fingerprint density at radius 1 is 1.33 bits per heavy atom. The SMILES string of the molecule is Cc1cc(OCF)c(C)cc1O. The van der Waals surface area contributed by atoms with Crippen molar-refractivity contribution in [3.05, 3.63) is 23.3 Å². The van der Waals surface area contributed by atoms with Gasteiger partial charge in [0.25, 0.3) is 0 Å². The van der Waals surface area contributed by atoms with E-state index >= 15 is 0 Å². The van der Waals surface area contributed by atoms with Crippen molar-refractivity contribution in [2.75, 3.05) is 6.86 Å². The Kier molecular flexibility index (Phi) is 2.53. The summed E-state index contributed by atoms with van der Waals surface area (Å²) in [7, 11) is 0. The molecule has 0 amide bonds. The summed E-state index contributed by atoms with van der Waals surface area (Å²) in [6.07, 6.45) is 0. The third kappa shape index (κ3) is 1.67. The van der Waals surface area contributed by atoms with Crippen LogP contribution in [0.3, 0.4) is 0 Å². The monoisotopic (exact) mass is 170 g/mol. The van der Waals surface area contributed by atoms with Gasteiger partial charge in [-0.25, -0.2) is 4.39 Å². The van der Waals surface area contributed by atoms with Crippen molar-refractivity contribution < 1.29 is 14.2 Å². The maximum atomic E-state index is 11.8. The smallest absolute Gasteiger partial charge is 0.228 e. The average Bonchev–Trinajstić information content (AvgIpc) is 2.01. The van der Waals surface area contributed by atoms with Crippen LogP contribution in [0.2, 0.25) is 0 Å². The van der Waals surface area contributed by atoms with Crippen molar-refractivity contribution in [3.8, 4) is 11.5 Å². The van der Waals surface area contributed by atoms with E-state index in [-0.39, 0.29) is 5.75 Å². The lowest BCUT2D eigenvalue weighted by atomic mass is 10.1. The number of aryl methyl sites for hydroxylation is 2. The fraction of sp³-hybridized carbons (Fsp3) is 0.333. The minimum Gasteiger partial charge on any atom is -0.508 e. The van der Waals surface area contributed by atoms with Crippen molar-refractivity contribution >= 4 is 0 Å². The summed E-state index contributed by atoms with van der Waals surface area (Å²) in [4.78, 5) is 0. The van der Waals surface area contributed by atoms with Gasteiger partial charge in [0, 0.05) is 0 Å².